The van der Waals surface area contributed by atoms with E-state index in [1.165, 1.54) is 5.56 Å². The van der Waals surface area contributed by atoms with Crippen LogP contribution in [0.1, 0.15) is 39.2 Å². The Morgan fingerprint density at radius 3 is 2.38 bits per heavy atom. The molecule has 0 aliphatic heterocycles. The molecule has 2 aromatic rings. The van der Waals surface area contributed by atoms with E-state index in [1.807, 2.05) is 24.3 Å². The van der Waals surface area contributed by atoms with Crippen molar-refractivity contribution in [2.24, 2.45) is 5.92 Å². The van der Waals surface area contributed by atoms with Gasteiger partial charge in [0.2, 0.25) is 0 Å². The van der Waals surface area contributed by atoms with Gasteiger partial charge in [-0.2, -0.15) is 0 Å². The van der Waals surface area contributed by atoms with E-state index in [1.54, 1.807) is 0 Å². The van der Waals surface area contributed by atoms with Crippen LogP contribution in [0, 0.1) is 5.92 Å². The highest BCUT2D eigenvalue weighted by molar-refractivity contribution is 5.48. The van der Waals surface area contributed by atoms with Crippen molar-refractivity contribution < 1.29 is 9.47 Å². The van der Waals surface area contributed by atoms with Crippen molar-refractivity contribution in [3.05, 3.63) is 54.1 Å². The average molecular weight is 327 g/mol. The fraction of sp³-hybridized carbons (Fsp3) is 0.429. The van der Waals surface area contributed by atoms with E-state index in [2.05, 4.69) is 50.4 Å². The van der Waals surface area contributed by atoms with Crippen molar-refractivity contribution in [3.8, 4) is 11.5 Å². The summed E-state index contributed by atoms with van der Waals surface area (Å²) in [6, 6.07) is 16.4. The molecular formula is C21H29NO2. The second-order valence-electron chi connectivity index (χ2n) is 6.41. The Labute approximate surface area is 146 Å². The topological polar surface area (TPSA) is 30.5 Å². The number of ether oxygens (including phenoxy) is 2. The van der Waals surface area contributed by atoms with Crippen LogP contribution in [0.4, 0.5) is 5.69 Å². The van der Waals surface area contributed by atoms with Crippen LogP contribution >= 0.6 is 0 Å². The minimum absolute atomic E-state index is 0.661. The summed E-state index contributed by atoms with van der Waals surface area (Å²) in [5.41, 5.74) is 2.27. The molecule has 0 atom stereocenters. The lowest BCUT2D eigenvalue weighted by Gasteiger charge is -2.12. The monoisotopic (exact) mass is 327 g/mol. The first-order valence-corrected chi connectivity index (χ1v) is 8.86. The molecule has 0 saturated heterocycles. The Bertz CT molecular complexity index is 610. The summed E-state index contributed by atoms with van der Waals surface area (Å²) in [5, 5.41) is 3.45. The van der Waals surface area contributed by atoms with Crippen molar-refractivity contribution in [1.82, 2.24) is 0 Å². The van der Waals surface area contributed by atoms with Gasteiger partial charge in [0.15, 0.2) is 0 Å². The van der Waals surface area contributed by atoms with E-state index in [0.29, 0.717) is 5.92 Å². The third-order valence-corrected chi connectivity index (χ3v) is 3.67. The first kappa shape index (κ1) is 18.2. The largest absolute Gasteiger partial charge is 0.494 e. The van der Waals surface area contributed by atoms with Crippen LogP contribution in [0.3, 0.4) is 0 Å². The van der Waals surface area contributed by atoms with E-state index in [4.69, 9.17) is 9.47 Å². The molecule has 0 saturated carbocycles. The fourth-order valence-corrected chi connectivity index (χ4v) is 2.28. The van der Waals surface area contributed by atoms with E-state index in [0.717, 1.165) is 49.8 Å². The van der Waals surface area contributed by atoms with Gasteiger partial charge in [0.05, 0.1) is 13.2 Å². The summed E-state index contributed by atoms with van der Waals surface area (Å²) in [5.74, 6) is 2.51. The van der Waals surface area contributed by atoms with E-state index < -0.39 is 0 Å². The lowest BCUT2D eigenvalue weighted by atomic mass is 10.1. The Kier molecular flexibility index (Phi) is 7.47. The molecule has 1 N–H and O–H groups in total. The van der Waals surface area contributed by atoms with Gasteiger partial charge in [-0.3, -0.25) is 0 Å². The van der Waals surface area contributed by atoms with Gasteiger partial charge in [0, 0.05) is 18.3 Å². The smallest absolute Gasteiger partial charge is 0.121 e. The maximum Gasteiger partial charge on any atom is 0.121 e. The molecule has 0 spiro atoms. The number of hydrogen-bond donors (Lipinski definition) is 1. The SMILES string of the molecule is CCCOc1cccc(CNc2cccc(OCCC(C)C)c2)c1. The molecule has 2 rings (SSSR count). The number of rotatable bonds is 10. The third-order valence-electron chi connectivity index (χ3n) is 3.67. The van der Waals surface area contributed by atoms with Crippen molar-refractivity contribution in [1.29, 1.82) is 0 Å². The van der Waals surface area contributed by atoms with Crippen LogP contribution in [-0.2, 0) is 6.54 Å². The van der Waals surface area contributed by atoms with Gasteiger partial charge < -0.3 is 14.8 Å². The molecule has 0 aliphatic carbocycles. The van der Waals surface area contributed by atoms with E-state index in [9.17, 15) is 0 Å². The maximum absolute atomic E-state index is 5.81. The minimum Gasteiger partial charge on any atom is -0.494 e. The Balaban J connectivity index is 1.87. The minimum atomic E-state index is 0.661. The van der Waals surface area contributed by atoms with Gasteiger partial charge in [0.1, 0.15) is 11.5 Å². The summed E-state index contributed by atoms with van der Waals surface area (Å²) in [7, 11) is 0. The molecule has 0 unspecified atom stereocenters. The highest BCUT2D eigenvalue weighted by atomic mass is 16.5. The standard InChI is InChI=1S/C21H29NO2/c1-4-12-23-20-9-5-7-18(14-20)16-22-19-8-6-10-21(15-19)24-13-11-17(2)3/h5-10,14-15,17,22H,4,11-13,16H2,1-3H3. The maximum atomic E-state index is 5.81. The zero-order valence-corrected chi connectivity index (χ0v) is 15.0. The zero-order valence-electron chi connectivity index (χ0n) is 15.0. The summed E-state index contributed by atoms with van der Waals surface area (Å²) in [4.78, 5) is 0. The first-order chi connectivity index (χ1) is 11.7. The predicted octanol–water partition coefficient (Wildman–Crippen LogP) is 5.51. The summed E-state index contributed by atoms with van der Waals surface area (Å²) >= 11 is 0. The van der Waals surface area contributed by atoms with Crippen LogP contribution in [-0.4, -0.2) is 13.2 Å². The molecule has 0 bridgehead atoms. The Morgan fingerprint density at radius 1 is 0.917 bits per heavy atom. The molecule has 0 radical (unpaired) electrons. The molecule has 0 aliphatic rings. The highest BCUT2D eigenvalue weighted by Crippen LogP contribution is 2.20. The fourth-order valence-electron chi connectivity index (χ4n) is 2.28. The Morgan fingerprint density at radius 2 is 1.62 bits per heavy atom. The molecule has 3 nitrogen and oxygen atoms in total. The van der Waals surface area contributed by atoms with Gasteiger partial charge in [-0.15, -0.1) is 0 Å². The average Bonchev–Trinajstić information content (AvgIpc) is 2.59. The first-order valence-electron chi connectivity index (χ1n) is 8.86. The molecule has 0 aromatic heterocycles. The summed E-state index contributed by atoms with van der Waals surface area (Å²) < 4.78 is 11.5. The van der Waals surface area contributed by atoms with E-state index in [-0.39, 0.29) is 0 Å². The second-order valence-corrected chi connectivity index (χ2v) is 6.41. The molecule has 0 amide bonds. The van der Waals surface area contributed by atoms with Crippen molar-refractivity contribution in [3.63, 3.8) is 0 Å². The van der Waals surface area contributed by atoms with Crippen LogP contribution in [0.2, 0.25) is 0 Å². The summed E-state index contributed by atoms with van der Waals surface area (Å²) in [6.07, 6.45) is 2.09. The molecule has 24 heavy (non-hydrogen) atoms. The number of hydrogen-bond acceptors (Lipinski definition) is 3. The highest BCUT2D eigenvalue weighted by Gasteiger charge is 2.00. The molecule has 0 fully saturated rings. The van der Waals surface area contributed by atoms with Gasteiger partial charge in [-0.05, 0) is 48.6 Å². The van der Waals surface area contributed by atoms with Gasteiger partial charge >= 0.3 is 0 Å². The normalized spacial score (nSPS) is 10.7. The van der Waals surface area contributed by atoms with Gasteiger partial charge in [-0.25, -0.2) is 0 Å². The van der Waals surface area contributed by atoms with Crippen molar-refractivity contribution in [2.45, 2.75) is 40.2 Å². The van der Waals surface area contributed by atoms with Crippen molar-refractivity contribution >= 4 is 5.69 Å². The van der Waals surface area contributed by atoms with Crippen LogP contribution in [0.15, 0.2) is 48.5 Å². The molecule has 2 aromatic carbocycles. The van der Waals surface area contributed by atoms with Gasteiger partial charge in [0.25, 0.3) is 0 Å². The number of nitrogens with one attached hydrogen (secondary N) is 1. The predicted molar refractivity (Wildman–Crippen MR) is 101 cm³/mol. The van der Waals surface area contributed by atoms with E-state index >= 15 is 0 Å². The van der Waals surface area contributed by atoms with Crippen LogP contribution < -0.4 is 14.8 Å². The number of anilines is 1. The summed E-state index contributed by atoms with van der Waals surface area (Å²) in [6.45, 7) is 8.81. The van der Waals surface area contributed by atoms with Gasteiger partial charge in [-0.1, -0.05) is 39.0 Å². The van der Waals surface area contributed by atoms with Crippen LogP contribution in [0.25, 0.3) is 0 Å². The lowest BCUT2D eigenvalue weighted by molar-refractivity contribution is 0.289. The second kappa shape index (κ2) is 9.86. The van der Waals surface area contributed by atoms with Crippen LogP contribution in [0.5, 0.6) is 11.5 Å². The third kappa shape index (κ3) is 6.53. The zero-order chi connectivity index (χ0) is 17.2. The Hall–Kier alpha value is -2.16. The molecule has 3 heteroatoms. The molecule has 0 heterocycles. The lowest BCUT2D eigenvalue weighted by Crippen LogP contribution is -2.03. The van der Waals surface area contributed by atoms with Crippen molar-refractivity contribution in [2.75, 3.05) is 18.5 Å². The molecular weight excluding hydrogens is 298 g/mol. The number of benzene rings is 2. The quantitative estimate of drug-likeness (QED) is 0.624. The molecule has 130 valence electrons.